The van der Waals surface area contributed by atoms with Crippen molar-refractivity contribution in [2.24, 2.45) is 11.8 Å². The second-order valence-electron chi connectivity index (χ2n) is 5.35. The predicted octanol–water partition coefficient (Wildman–Crippen LogP) is 1.84. The number of fused-ring (bicyclic) bond motifs is 1. The van der Waals surface area contributed by atoms with E-state index >= 15 is 0 Å². The number of rotatable bonds is 2. The predicted molar refractivity (Wildman–Crippen MR) is 61.1 cm³/mol. The van der Waals surface area contributed by atoms with Crippen LogP contribution in [0.15, 0.2) is 12.2 Å². The van der Waals surface area contributed by atoms with Crippen molar-refractivity contribution in [3.63, 3.8) is 0 Å². The van der Waals surface area contributed by atoms with E-state index in [1.165, 1.54) is 0 Å². The van der Waals surface area contributed by atoms with Crippen LogP contribution in [0.4, 0.5) is 0 Å². The van der Waals surface area contributed by atoms with E-state index in [2.05, 4.69) is 6.58 Å². The lowest BCUT2D eigenvalue weighted by Gasteiger charge is -2.24. The molecule has 0 aromatic carbocycles. The number of cyclic esters (lactones) is 1. The second-order valence-corrected chi connectivity index (χ2v) is 5.35. The van der Waals surface area contributed by atoms with E-state index in [0.717, 1.165) is 12.8 Å². The van der Waals surface area contributed by atoms with Crippen molar-refractivity contribution in [3.8, 4) is 0 Å². The Morgan fingerprint density at radius 3 is 2.82 bits per heavy atom. The molecule has 1 heterocycles. The highest BCUT2D eigenvalue weighted by Crippen LogP contribution is 2.45. The molecule has 1 aliphatic heterocycles. The Hall–Kier alpha value is -1.32. The molecule has 1 aliphatic carbocycles. The van der Waals surface area contributed by atoms with E-state index in [-0.39, 0.29) is 17.9 Å². The second kappa shape index (κ2) is 4.17. The van der Waals surface area contributed by atoms with E-state index in [0.29, 0.717) is 24.5 Å². The Bertz CT molecular complexity index is 374. The number of hydrogen-bond donors (Lipinski definition) is 0. The highest BCUT2D eigenvalue weighted by atomic mass is 16.6. The first-order valence-corrected chi connectivity index (χ1v) is 5.97. The molecule has 0 bridgehead atoms. The minimum absolute atomic E-state index is 0.105. The Kier molecular flexibility index (Phi) is 2.98. The van der Waals surface area contributed by atoms with Gasteiger partial charge in [-0.25, -0.2) is 4.79 Å². The largest absolute Gasteiger partial charge is 0.465 e. The zero-order valence-corrected chi connectivity index (χ0v) is 10.3. The van der Waals surface area contributed by atoms with Crippen LogP contribution in [0, 0.1) is 11.8 Å². The minimum atomic E-state index is -0.547. The maximum atomic E-state index is 11.6. The van der Waals surface area contributed by atoms with Gasteiger partial charge in [-0.2, -0.15) is 0 Å². The molecule has 1 saturated heterocycles. The number of hydrogen-bond acceptors (Lipinski definition) is 4. The lowest BCUT2D eigenvalue weighted by atomic mass is 9.91. The average Bonchev–Trinajstić information content (AvgIpc) is 2.56. The molecule has 0 N–H and O–H groups in total. The highest BCUT2D eigenvalue weighted by molar-refractivity contribution is 5.87. The summed E-state index contributed by atoms with van der Waals surface area (Å²) < 4.78 is 10.5. The molecule has 2 rings (SSSR count). The van der Waals surface area contributed by atoms with E-state index in [1.54, 1.807) is 6.92 Å². The molecule has 0 radical (unpaired) electrons. The number of carbonyl (C=O) groups is 2. The first-order valence-electron chi connectivity index (χ1n) is 5.97. The lowest BCUT2D eigenvalue weighted by molar-refractivity contribution is -0.157. The standard InChI is InChI=1S/C13H18O4/c1-8(2)11(14)17-13(3)6-9-4-5-16-12(15)10(9)7-13/h9-10H,1,4-7H2,2-3H3. The van der Waals surface area contributed by atoms with E-state index < -0.39 is 5.60 Å². The van der Waals surface area contributed by atoms with E-state index in [4.69, 9.17) is 9.47 Å². The molecular weight excluding hydrogens is 220 g/mol. The molecular formula is C13H18O4. The van der Waals surface area contributed by atoms with Crippen LogP contribution in [-0.2, 0) is 19.1 Å². The summed E-state index contributed by atoms with van der Waals surface area (Å²) in [5.41, 5.74) is -0.155. The number of esters is 2. The van der Waals surface area contributed by atoms with Gasteiger partial charge in [0.15, 0.2) is 0 Å². The van der Waals surface area contributed by atoms with Crippen LogP contribution in [0.3, 0.4) is 0 Å². The molecule has 0 spiro atoms. The zero-order valence-electron chi connectivity index (χ0n) is 10.3. The monoisotopic (exact) mass is 238 g/mol. The molecule has 2 aliphatic rings. The van der Waals surface area contributed by atoms with Gasteiger partial charge in [-0.3, -0.25) is 4.79 Å². The molecule has 4 nitrogen and oxygen atoms in total. The fraction of sp³-hybridized carbons (Fsp3) is 0.692. The number of ether oxygens (including phenoxy) is 2. The van der Waals surface area contributed by atoms with Crippen LogP contribution < -0.4 is 0 Å². The Labute approximate surface area is 101 Å². The van der Waals surface area contributed by atoms with Gasteiger partial charge in [0.25, 0.3) is 0 Å². The zero-order chi connectivity index (χ0) is 12.6. The minimum Gasteiger partial charge on any atom is -0.465 e. The van der Waals surface area contributed by atoms with Gasteiger partial charge in [0, 0.05) is 12.0 Å². The van der Waals surface area contributed by atoms with Crippen LogP contribution in [0.2, 0.25) is 0 Å². The normalized spacial score (nSPS) is 36.0. The van der Waals surface area contributed by atoms with Gasteiger partial charge >= 0.3 is 11.9 Å². The van der Waals surface area contributed by atoms with E-state index in [9.17, 15) is 9.59 Å². The van der Waals surface area contributed by atoms with Crippen molar-refractivity contribution in [3.05, 3.63) is 12.2 Å². The molecule has 94 valence electrons. The van der Waals surface area contributed by atoms with E-state index in [1.807, 2.05) is 6.92 Å². The summed E-state index contributed by atoms with van der Waals surface area (Å²) in [7, 11) is 0. The van der Waals surface area contributed by atoms with Gasteiger partial charge in [0.05, 0.1) is 12.5 Å². The molecule has 17 heavy (non-hydrogen) atoms. The van der Waals surface area contributed by atoms with Crippen LogP contribution in [-0.4, -0.2) is 24.1 Å². The summed E-state index contributed by atoms with van der Waals surface area (Å²) in [6.45, 7) is 7.57. The van der Waals surface area contributed by atoms with Crippen molar-refractivity contribution in [2.45, 2.75) is 38.7 Å². The molecule has 3 atom stereocenters. The summed E-state index contributed by atoms with van der Waals surface area (Å²) in [6, 6.07) is 0. The van der Waals surface area contributed by atoms with Crippen LogP contribution >= 0.6 is 0 Å². The third kappa shape index (κ3) is 2.35. The summed E-state index contributed by atoms with van der Waals surface area (Å²) in [5, 5.41) is 0. The van der Waals surface area contributed by atoms with Crippen molar-refractivity contribution >= 4 is 11.9 Å². The first-order chi connectivity index (χ1) is 7.91. The van der Waals surface area contributed by atoms with Gasteiger partial charge in [-0.1, -0.05) is 6.58 Å². The lowest BCUT2D eigenvalue weighted by Crippen LogP contribution is -2.30. The van der Waals surface area contributed by atoms with Crippen LogP contribution in [0.1, 0.15) is 33.1 Å². The molecule has 4 heteroatoms. The van der Waals surface area contributed by atoms with Crippen molar-refractivity contribution in [1.29, 1.82) is 0 Å². The third-order valence-corrected chi connectivity index (χ3v) is 3.64. The topological polar surface area (TPSA) is 52.6 Å². The first kappa shape index (κ1) is 12.1. The van der Waals surface area contributed by atoms with Crippen LogP contribution in [0.5, 0.6) is 0 Å². The average molecular weight is 238 g/mol. The Balaban J connectivity index is 2.06. The molecule has 3 unspecified atom stereocenters. The molecule has 0 aromatic rings. The van der Waals surface area contributed by atoms with Gasteiger partial charge < -0.3 is 9.47 Å². The Morgan fingerprint density at radius 2 is 2.24 bits per heavy atom. The van der Waals surface area contributed by atoms with Gasteiger partial charge in [0.2, 0.25) is 0 Å². The molecule has 0 aromatic heterocycles. The smallest absolute Gasteiger partial charge is 0.333 e. The SMILES string of the molecule is C=C(C)C(=O)OC1(C)CC2CCOC(=O)C2C1. The third-order valence-electron chi connectivity index (χ3n) is 3.64. The summed E-state index contributed by atoms with van der Waals surface area (Å²) in [6.07, 6.45) is 2.18. The molecule has 0 amide bonds. The summed E-state index contributed by atoms with van der Waals surface area (Å²) >= 11 is 0. The maximum absolute atomic E-state index is 11.6. The summed E-state index contributed by atoms with van der Waals surface area (Å²) in [4.78, 5) is 23.2. The van der Waals surface area contributed by atoms with Gasteiger partial charge in [0.1, 0.15) is 5.60 Å². The molecule has 1 saturated carbocycles. The summed E-state index contributed by atoms with van der Waals surface area (Å²) in [5.74, 6) is -0.332. The quantitative estimate of drug-likeness (QED) is 0.544. The van der Waals surface area contributed by atoms with Crippen molar-refractivity contribution in [2.75, 3.05) is 6.61 Å². The van der Waals surface area contributed by atoms with Crippen LogP contribution in [0.25, 0.3) is 0 Å². The fourth-order valence-corrected chi connectivity index (χ4v) is 2.80. The maximum Gasteiger partial charge on any atom is 0.333 e. The number of carbonyl (C=O) groups excluding carboxylic acids is 2. The fourth-order valence-electron chi connectivity index (χ4n) is 2.80. The van der Waals surface area contributed by atoms with Gasteiger partial charge in [-0.15, -0.1) is 0 Å². The van der Waals surface area contributed by atoms with Crippen molar-refractivity contribution in [1.82, 2.24) is 0 Å². The van der Waals surface area contributed by atoms with Crippen molar-refractivity contribution < 1.29 is 19.1 Å². The van der Waals surface area contributed by atoms with Gasteiger partial charge in [-0.05, 0) is 32.6 Å². The molecule has 2 fully saturated rings. The highest BCUT2D eigenvalue weighted by Gasteiger charge is 2.49. The Morgan fingerprint density at radius 1 is 1.53 bits per heavy atom.